The zero-order valence-corrected chi connectivity index (χ0v) is 14.3. The molecule has 8 heteroatoms. The van der Waals surface area contributed by atoms with E-state index in [0.29, 0.717) is 22.6 Å². The molecule has 4 N–H and O–H groups in total. The predicted molar refractivity (Wildman–Crippen MR) is 89.5 cm³/mol. The van der Waals surface area contributed by atoms with Crippen molar-refractivity contribution in [2.24, 2.45) is 5.73 Å². The summed E-state index contributed by atoms with van der Waals surface area (Å²) in [6, 6.07) is 5.61. The summed E-state index contributed by atoms with van der Waals surface area (Å²) >= 11 is 0. The molecule has 0 saturated heterocycles. The second-order valence-corrected chi connectivity index (χ2v) is 5.85. The number of primary amides is 1. The topological polar surface area (TPSA) is 120 Å². The fourth-order valence-electron chi connectivity index (χ4n) is 2.40. The third kappa shape index (κ3) is 4.72. The molecular formula is C17H21N3O5. The van der Waals surface area contributed by atoms with Crippen LogP contribution in [0.3, 0.4) is 0 Å². The summed E-state index contributed by atoms with van der Waals surface area (Å²) in [5, 5.41) is 5.29. The number of urea groups is 1. The van der Waals surface area contributed by atoms with Crippen molar-refractivity contribution in [2.45, 2.75) is 32.9 Å². The molecular weight excluding hydrogens is 326 g/mol. The van der Waals surface area contributed by atoms with Gasteiger partial charge in [0.1, 0.15) is 5.75 Å². The lowest BCUT2D eigenvalue weighted by Crippen LogP contribution is -2.45. The van der Waals surface area contributed by atoms with Gasteiger partial charge in [-0.25, -0.2) is 9.59 Å². The molecule has 0 aliphatic carbocycles. The lowest BCUT2D eigenvalue weighted by atomic mass is 9.95. The van der Waals surface area contributed by atoms with Gasteiger partial charge in [-0.1, -0.05) is 12.1 Å². The predicted octanol–water partition coefficient (Wildman–Crippen LogP) is 1.13. The summed E-state index contributed by atoms with van der Waals surface area (Å²) in [6.45, 7) is 4.92. The maximum Gasteiger partial charge on any atom is 0.338 e. The van der Waals surface area contributed by atoms with E-state index in [9.17, 15) is 14.4 Å². The summed E-state index contributed by atoms with van der Waals surface area (Å²) in [5.74, 6) is -0.624. The average molecular weight is 347 g/mol. The lowest BCUT2D eigenvalue weighted by Gasteiger charge is -2.28. The molecule has 1 aromatic rings. The highest BCUT2D eigenvalue weighted by Gasteiger charge is 2.32. The number of carbonyl (C=O) groups is 3. The number of benzene rings is 1. The molecule has 0 radical (unpaired) electrons. The molecule has 8 nitrogen and oxygen atoms in total. The van der Waals surface area contributed by atoms with Gasteiger partial charge in [-0.15, -0.1) is 0 Å². The van der Waals surface area contributed by atoms with Gasteiger partial charge in [-0.05, 0) is 38.5 Å². The van der Waals surface area contributed by atoms with E-state index >= 15 is 0 Å². The second kappa shape index (κ2) is 7.69. The molecule has 0 fully saturated rings. The van der Waals surface area contributed by atoms with Crippen LogP contribution < -0.4 is 21.1 Å². The van der Waals surface area contributed by atoms with Crippen LogP contribution in [0.15, 0.2) is 35.5 Å². The SMILES string of the molecule is CC1=C(C(=O)OC(C)C)[C@@H](c2ccc(OCC(N)=O)cc2)NC(=O)N1. The van der Waals surface area contributed by atoms with E-state index in [1.54, 1.807) is 45.0 Å². The monoisotopic (exact) mass is 347 g/mol. The summed E-state index contributed by atoms with van der Waals surface area (Å²) in [5.41, 5.74) is 6.48. The first-order valence-corrected chi connectivity index (χ1v) is 7.78. The Bertz CT molecular complexity index is 709. The van der Waals surface area contributed by atoms with Crippen molar-refractivity contribution in [1.82, 2.24) is 10.6 Å². The Labute approximate surface area is 145 Å². The van der Waals surface area contributed by atoms with E-state index in [1.807, 2.05) is 0 Å². The number of nitrogens with two attached hydrogens (primary N) is 1. The maximum atomic E-state index is 12.4. The van der Waals surface area contributed by atoms with Crippen LogP contribution in [-0.4, -0.2) is 30.6 Å². The Morgan fingerprint density at radius 3 is 2.44 bits per heavy atom. The van der Waals surface area contributed by atoms with Crippen LogP contribution in [0.5, 0.6) is 5.75 Å². The van der Waals surface area contributed by atoms with Crippen molar-refractivity contribution >= 4 is 17.9 Å². The van der Waals surface area contributed by atoms with Crippen LogP contribution in [0, 0.1) is 0 Å². The molecule has 1 atom stereocenters. The van der Waals surface area contributed by atoms with Crippen molar-refractivity contribution in [3.05, 3.63) is 41.1 Å². The minimum absolute atomic E-state index is 0.228. The van der Waals surface area contributed by atoms with E-state index in [1.165, 1.54) is 0 Å². The van der Waals surface area contributed by atoms with Crippen LogP contribution >= 0.6 is 0 Å². The average Bonchev–Trinajstić information content (AvgIpc) is 2.51. The molecule has 134 valence electrons. The number of carbonyl (C=O) groups excluding carboxylic acids is 3. The first-order valence-electron chi connectivity index (χ1n) is 7.78. The van der Waals surface area contributed by atoms with Crippen molar-refractivity contribution < 1.29 is 23.9 Å². The number of hydrogen-bond acceptors (Lipinski definition) is 5. The third-order valence-corrected chi connectivity index (χ3v) is 3.43. The minimum Gasteiger partial charge on any atom is -0.484 e. The second-order valence-electron chi connectivity index (χ2n) is 5.85. The number of rotatable bonds is 6. The van der Waals surface area contributed by atoms with E-state index in [4.69, 9.17) is 15.2 Å². The van der Waals surface area contributed by atoms with Crippen LogP contribution in [0.1, 0.15) is 32.4 Å². The van der Waals surface area contributed by atoms with Crippen molar-refractivity contribution in [3.63, 3.8) is 0 Å². The highest BCUT2D eigenvalue weighted by molar-refractivity contribution is 5.95. The highest BCUT2D eigenvalue weighted by atomic mass is 16.5. The summed E-state index contributed by atoms with van der Waals surface area (Å²) in [7, 11) is 0. The van der Waals surface area contributed by atoms with E-state index in [-0.39, 0.29) is 12.7 Å². The van der Waals surface area contributed by atoms with Gasteiger partial charge in [-0.3, -0.25) is 4.79 Å². The Kier molecular flexibility index (Phi) is 5.63. The van der Waals surface area contributed by atoms with Gasteiger partial charge < -0.3 is 25.8 Å². The van der Waals surface area contributed by atoms with Gasteiger partial charge in [0.05, 0.1) is 17.7 Å². The van der Waals surface area contributed by atoms with Gasteiger partial charge >= 0.3 is 12.0 Å². The van der Waals surface area contributed by atoms with Gasteiger partial charge in [0.25, 0.3) is 5.91 Å². The largest absolute Gasteiger partial charge is 0.484 e. The highest BCUT2D eigenvalue weighted by Crippen LogP contribution is 2.29. The minimum atomic E-state index is -0.648. The molecule has 3 amide bonds. The van der Waals surface area contributed by atoms with Gasteiger partial charge in [0.2, 0.25) is 0 Å². The van der Waals surface area contributed by atoms with Crippen molar-refractivity contribution in [1.29, 1.82) is 0 Å². The van der Waals surface area contributed by atoms with E-state index in [2.05, 4.69) is 10.6 Å². The van der Waals surface area contributed by atoms with Crippen LogP contribution in [0.2, 0.25) is 0 Å². The van der Waals surface area contributed by atoms with Crippen LogP contribution in [0.4, 0.5) is 4.79 Å². The molecule has 0 saturated carbocycles. The number of amides is 3. The van der Waals surface area contributed by atoms with E-state index in [0.717, 1.165) is 0 Å². The summed E-state index contributed by atoms with van der Waals surface area (Å²) < 4.78 is 10.5. The molecule has 1 aliphatic heterocycles. The number of ether oxygens (including phenoxy) is 2. The molecule has 0 aromatic heterocycles. The number of allylic oxidation sites excluding steroid dienone is 1. The van der Waals surface area contributed by atoms with Gasteiger partial charge in [0.15, 0.2) is 6.61 Å². The fraction of sp³-hybridized carbons (Fsp3) is 0.353. The first-order chi connectivity index (χ1) is 11.8. The fourth-order valence-corrected chi connectivity index (χ4v) is 2.40. The maximum absolute atomic E-state index is 12.4. The standard InChI is InChI=1S/C17H21N3O5/c1-9(2)25-16(22)14-10(3)19-17(23)20-15(14)11-4-6-12(7-5-11)24-8-13(18)21/h4-7,9,15H,8H2,1-3H3,(H2,18,21)(H2,19,20,23)/t15-/m1/s1. The molecule has 0 bridgehead atoms. The third-order valence-electron chi connectivity index (χ3n) is 3.43. The Hall–Kier alpha value is -3.03. The van der Waals surface area contributed by atoms with Gasteiger partial charge in [-0.2, -0.15) is 0 Å². The number of esters is 1. The van der Waals surface area contributed by atoms with Crippen LogP contribution in [-0.2, 0) is 14.3 Å². The molecule has 1 aliphatic rings. The molecule has 1 aromatic carbocycles. The molecule has 0 spiro atoms. The number of hydrogen-bond donors (Lipinski definition) is 3. The number of nitrogens with one attached hydrogen (secondary N) is 2. The smallest absolute Gasteiger partial charge is 0.338 e. The first kappa shape index (κ1) is 18.3. The molecule has 1 heterocycles. The summed E-state index contributed by atoms with van der Waals surface area (Å²) in [4.78, 5) is 35.0. The van der Waals surface area contributed by atoms with Crippen molar-refractivity contribution in [3.8, 4) is 5.75 Å². The summed E-state index contributed by atoms with van der Waals surface area (Å²) in [6.07, 6.45) is -0.282. The molecule has 25 heavy (non-hydrogen) atoms. The quantitative estimate of drug-likeness (QED) is 0.666. The van der Waals surface area contributed by atoms with E-state index < -0.39 is 23.9 Å². The normalized spacial score (nSPS) is 17.0. The Balaban J connectivity index is 2.27. The van der Waals surface area contributed by atoms with Crippen molar-refractivity contribution in [2.75, 3.05) is 6.61 Å². The molecule has 0 unspecified atom stereocenters. The Morgan fingerprint density at radius 1 is 1.24 bits per heavy atom. The lowest BCUT2D eigenvalue weighted by molar-refractivity contribution is -0.143. The van der Waals surface area contributed by atoms with Gasteiger partial charge in [0, 0.05) is 5.70 Å². The molecule has 2 rings (SSSR count). The van der Waals surface area contributed by atoms with Crippen LogP contribution in [0.25, 0.3) is 0 Å². The zero-order valence-electron chi connectivity index (χ0n) is 14.3. The zero-order chi connectivity index (χ0) is 18.6. The Morgan fingerprint density at radius 2 is 1.88 bits per heavy atom.